The number of carbonyl (C=O) groups is 2. The van der Waals surface area contributed by atoms with Crippen molar-refractivity contribution in [3.05, 3.63) is 58.5 Å². The van der Waals surface area contributed by atoms with Crippen molar-refractivity contribution in [2.75, 3.05) is 12.0 Å². The number of ether oxygens (including phenoxy) is 1. The highest BCUT2D eigenvalue weighted by Crippen LogP contribution is 2.38. The lowest BCUT2D eigenvalue weighted by Gasteiger charge is -2.15. The molecule has 2 aromatic carbocycles. The van der Waals surface area contributed by atoms with Gasteiger partial charge in [-0.25, -0.2) is 4.79 Å². The van der Waals surface area contributed by atoms with E-state index in [-0.39, 0.29) is 11.5 Å². The number of carboxylic acid groups (broad SMARTS) is 1. The van der Waals surface area contributed by atoms with Gasteiger partial charge in [-0.2, -0.15) is 0 Å². The Labute approximate surface area is 158 Å². The Morgan fingerprint density at radius 2 is 2.00 bits per heavy atom. The molecule has 0 bridgehead atoms. The van der Waals surface area contributed by atoms with Crippen LogP contribution in [0.3, 0.4) is 0 Å². The number of aromatic hydroxyl groups is 1. The molecule has 0 spiro atoms. The number of carboxylic acids is 1. The number of amides is 1. The van der Waals surface area contributed by atoms with Crippen LogP contribution in [-0.4, -0.2) is 33.5 Å². The highest BCUT2D eigenvalue weighted by Gasteiger charge is 2.34. The number of benzene rings is 2. The standard InChI is InChI=1S/C18H13NO5S2/c1-24-14-5-3-2-4-10(14)8-15-16(21)19(18(25)26-15)11-6-7-12(17(22)23)13(20)9-11/h2-9,20H,1H3,(H,22,23). The molecule has 132 valence electrons. The van der Waals surface area contributed by atoms with Gasteiger partial charge in [0.1, 0.15) is 17.1 Å². The molecule has 6 nitrogen and oxygen atoms in total. The monoisotopic (exact) mass is 387 g/mol. The lowest BCUT2D eigenvalue weighted by molar-refractivity contribution is -0.113. The van der Waals surface area contributed by atoms with Gasteiger partial charge >= 0.3 is 5.97 Å². The first-order valence-corrected chi connectivity index (χ1v) is 8.62. The molecule has 1 amide bonds. The minimum Gasteiger partial charge on any atom is -0.507 e. The molecule has 1 saturated heterocycles. The maximum Gasteiger partial charge on any atom is 0.339 e. The van der Waals surface area contributed by atoms with Gasteiger partial charge in [0.25, 0.3) is 5.91 Å². The molecule has 0 radical (unpaired) electrons. The first-order chi connectivity index (χ1) is 12.4. The summed E-state index contributed by atoms with van der Waals surface area (Å²) in [6.07, 6.45) is 1.68. The third-order valence-electron chi connectivity index (χ3n) is 3.69. The average molecular weight is 387 g/mol. The van der Waals surface area contributed by atoms with Crippen LogP contribution in [0.1, 0.15) is 15.9 Å². The Balaban J connectivity index is 1.96. The van der Waals surface area contributed by atoms with Crippen molar-refractivity contribution < 1.29 is 24.5 Å². The Hall–Kier alpha value is -2.84. The molecule has 1 aliphatic heterocycles. The predicted octanol–water partition coefficient (Wildman–Crippen LogP) is 3.50. The number of carbonyl (C=O) groups excluding carboxylic acids is 1. The third kappa shape index (κ3) is 3.29. The molecule has 0 aromatic heterocycles. The smallest absolute Gasteiger partial charge is 0.339 e. The molecule has 0 unspecified atom stereocenters. The molecule has 1 heterocycles. The number of hydrogen-bond donors (Lipinski definition) is 2. The van der Waals surface area contributed by atoms with Crippen molar-refractivity contribution in [3.8, 4) is 11.5 Å². The normalized spacial score (nSPS) is 15.6. The summed E-state index contributed by atoms with van der Waals surface area (Å²) in [5.74, 6) is -1.41. The van der Waals surface area contributed by atoms with E-state index in [0.717, 1.165) is 17.3 Å². The summed E-state index contributed by atoms with van der Waals surface area (Å²) in [6, 6.07) is 11.1. The number of anilines is 1. The number of para-hydroxylation sites is 1. The number of thioether (sulfide) groups is 1. The van der Waals surface area contributed by atoms with Crippen LogP contribution in [0.2, 0.25) is 0 Å². The second kappa shape index (κ2) is 7.19. The summed E-state index contributed by atoms with van der Waals surface area (Å²) in [4.78, 5) is 25.4. The van der Waals surface area contributed by atoms with Gasteiger partial charge in [0.15, 0.2) is 4.32 Å². The fourth-order valence-corrected chi connectivity index (χ4v) is 3.75. The lowest BCUT2D eigenvalue weighted by atomic mass is 10.1. The van der Waals surface area contributed by atoms with Crippen LogP contribution in [0.15, 0.2) is 47.4 Å². The number of rotatable bonds is 4. The van der Waals surface area contributed by atoms with Gasteiger partial charge in [-0.1, -0.05) is 42.2 Å². The molecule has 0 atom stereocenters. The number of methoxy groups -OCH3 is 1. The zero-order chi connectivity index (χ0) is 18.8. The molecule has 2 N–H and O–H groups in total. The molecular formula is C18H13NO5S2. The third-order valence-corrected chi connectivity index (χ3v) is 4.99. The molecule has 26 heavy (non-hydrogen) atoms. The van der Waals surface area contributed by atoms with Gasteiger partial charge in [0.05, 0.1) is 17.7 Å². The Kier molecular flexibility index (Phi) is 4.97. The Morgan fingerprint density at radius 3 is 2.65 bits per heavy atom. The fraction of sp³-hybridized carbons (Fsp3) is 0.0556. The molecule has 1 fully saturated rings. The quantitative estimate of drug-likeness (QED) is 0.613. The van der Waals surface area contributed by atoms with Gasteiger partial charge in [0, 0.05) is 11.6 Å². The maximum atomic E-state index is 12.8. The van der Waals surface area contributed by atoms with Crippen LogP contribution in [0, 0.1) is 0 Å². The number of hydrogen-bond acceptors (Lipinski definition) is 6. The summed E-state index contributed by atoms with van der Waals surface area (Å²) in [5.41, 5.74) is 0.793. The second-order valence-corrected chi connectivity index (χ2v) is 6.94. The summed E-state index contributed by atoms with van der Waals surface area (Å²) < 4.78 is 5.57. The average Bonchev–Trinajstić information content (AvgIpc) is 2.88. The van der Waals surface area contributed by atoms with E-state index in [1.165, 1.54) is 23.1 Å². The molecule has 1 aliphatic rings. The van der Waals surface area contributed by atoms with Crippen LogP contribution in [0.25, 0.3) is 6.08 Å². The highest BCUT2D eigenvalue weighted by atomic mass is 32.2. The van der Waals surface area contributed by atoms with Gasteiger partial charge < -0.3 is 14.9 Å². The molecule has 3 rings (SSSR count). The van der Waals surface area contributed by atoms with E-state index in [9.17, 15) is 14.7 Å². The molecule has 8 heteroatoms. The van der Waals surface area contributed by atoms with E-state index in [0.29, 0.717) is 20.7 Å². The van der Waals surface area contributed by atoms with Crippen molar-refractivity contribution in [3.63, 3.8) is 0 Å². The van der Waals surface area contributed by atoms with Crippen LogP contribution in [0.4, 0.5) is 5.69 Å². The van der Waals surface area contributed by atoms with Crippen LogP contribution in [0.5, 0.6) is 11.5 Å². The van der Waals surface area contributed by atoms with Gasteiger partial charge in [-0.3, -0.25) is 9.69 Å². The first kappa shape index (κ1) is 18.0. The van der Waals surface area contributed by atoms with Crippen molar-refractivity contribution in [1.82, 2.24) is 0 Å². The Bertz CT molecular complexity index is 954. The summed E-state index contributed by atoms with van der Waals surface area (Å²) in [6.45, 7) is 0. The number of phenols is 1. The topological polar surface area (TPSA) is 87.1 Å². The second-order valence-electron chi connectivity index (χ2n) is 5.27. The van der Waals surface area contributed by atoms with E-state index in [1.54, 1.807) is 19.3 Å². The van der Waals surface area contributed by atoms with Crippen molar-refractivity contribution in [2.45, 2.75) is 0 Å². The van der Waals surface area contributed by atoms with Gasteiger partial charge in [-0.15, -0.1) is 0 Å². The van der Waals surface area contributed by atoms with E-state index in [2.05, 4.69) is 0 Å². The van der Waals surface area contributed by atoms with Crippen LogP contribution >= 0.6 is 24.0 Å². The summed E-state index contributed by atoms with van der Waals surface area (Å²) in [7, 11) is 1.55. The van der Waals surface area contributed by atoms with Crippen molar-refractivity contribution in [1.29, 1.82) is 0 Å². The zero-order valence-electron chi connectivity index (χ0n) is 13.5. The molecule has 0 saturated carbocycles. The number of aromatic carboxylic acids is 1. The highest BCUT2D eigenvalue weighted by molar-refractivity contribution is 8.27. The van der Waals surface area contributed by atoms with Gasteiger partial charge in [0.2, 0.25) is 0 Å². The van der Waals surface area contributed by atoms with Crippen LogP contribution in [-0.2, 0) is 4.79 Å². The zero-order valence-corrected chi connectivity index (χ0v) is 15.1. The van der Waals surface area contributed by atoms with E-state index < -0.39 is 11.7 Å². The van der Waals surface area contributed by atoms with E-state index >= 15 is 0 Å². The SMILES string of the molecule is COc1ccccc1C=C1SC(=S)N(c2ccc(C(=O)O)c(O)c2)C1=O. The summed E-state index contributed by atoms with van der Waals surface area (Å²) in [5, 5.41) is 18.9. The van der Waals surface area contributed by atoms with Crippen LogP contribution < -0.4 is 9.64 Å². The van der Waals surface area contributed by atoms with E-state index in [1.807, 2.05) is 18.2 Å². The summed E-state index contributed by atoms with van der Waals surface area (Å²) >= 11 is 6.40. The fourth-order valence-electron chi connectivity index (χ4n) is 2.46. The lowest BCUT2D eigenvalue weighted by Crippen LogP contribution is -2.27. The number of thiocarbonyl (C=S) groups is 1. The van der Waals surface area contributed by atoms with Crippen molar-refractivity contribution in [2.24, 2.45) is 0 Å². The molecule has 2 aromatic rings. The maximum absolute atomic E-state index is 12.8. The van der Waals surface area contributed by atoms with Crippen molar-refractivity contribution >= 4 is 51.9 Å². The first-order valence-electron chi connectivity index (χ1n) is 7.39. The minimum absolute atomic E-state index is 0.247. The molecular weight excluding hydrogens is 374 g/mol. The molecule has 0 aliphatic carbocycles. The predicted molar refractivity (Wildman–Crippen MR) is 104 cm³/mol. The minimum atomic E-state index is -1.25. The largest absolute Gasteiger partial charge is 0.507 e. The Morgan fingerprint density at radius 1 is 1.27 bits per heavy atom. The van der Waals surface area contributed by atoms with Gasteiger partial charge in [-0.05, 0) is 24.3 Å². The number of nitrogens with zero attached hydrogens (tertiary/aromatic N) is 1. The van der Waals surface area contributed by atoms with E-state index in [4.69, 9.17) is 22.1 Å².